The van der Waals surface area contributed by atoms with Crippen LogP contribution in [0.5, 0.6) is 0 Å². The number of rotatable bonds is 1. The lowest BCUT2D eigenvalue weighted by atomic mass is 9.80. The lowest BCUT2D eigenvalue weighted by molar-refractivity contribution is 0.666. The molecule has 0 amide bonds. The van der Waals surface area contributed by atoms with E-state index in [2.05, 4.69) is 122 Å². The van der Waals surface area contributed by atoms with Crippen molar-refractivity contribution < 1.29 is 0 Å². The Morgan fingerprint density at radius 2 is 1.31 bits per heavy atom. The quantitative estimate of drug-likeness (QED) is 0.258. The fourth-order valence-electron chi connectivity index (χ4n) is 5.98. The molecule has 0 radical (unpaired) electrons. The van der Waals surface area contributed by atoms with E-state index in [4.69, 9.17) is 0 Å². The highest BCUT2D eigenvalue weighted by Gasteiger charge is 2.37. The van der Waals surface area contributed by atoms with E-state index in [0.29, 0.717) is 0 Å². The van der Waals surface area contributed by atoms with Crippen molar-refractivity contribution in [2.75, 3.05) is 0 Å². The van der Waals surface area contributed by atoms with Gasteiger partial charge in [0.25, 0.3) is 0 Å². The van der Waals surface area contributed by atoms with Crippen molar-refractivity contribution in [3.8, 4) is 16.8 Å². The second-order valence-corrected chi connectivity index (χ2v) is 9.41. The Hall–Kier alpha value is -3.84. The third-order valence-electron chi connectivity index (χ3n) is 7.35. The summed E-state index contributed by atoms with van der Waals surface area (Å²) < 4.78 is 2.46. The maximum atomic E-state index is 2.46. The van der Waals surface area contributed by atoms with E-state index in [-0.39, 0.29) is 5.41 Å². The van der Waals surface area contributed by atoms with E-state index < -0.39 is 0 Å². The monoisotopic (exact) mass is 409 g/mol. The molecule has 0 unspecified atom stereocenters. The molecule has 0 atom stereocenters. The molecule has 1 aliphatic rings. The van der Waals surface area contributed by atoms with E-state index in [1.54, 1.807) is 0 Å². The largest absolute Gasteiger partial charge is 0.309 e. The van der Waals surface area contributed by atoms with E-state index >= 15 is 0 Å². The van der Waals surface area contributed by atoms with Crippen molar-refractivity contribution in [3.63, 3.8) is 0 Å². The Morgan fingerprint density at radius 1 is 0.594 bits per heavy atom. The predicted octanol–water partition coefficient (Wildman–Crippen LogP) is 8.24. The van der Waals surface area contributed by atoms with Crippen LogP contribution in [0.15, 0.2) is 103 Å². The highest BCUT2D eigenvalue weighted by atomic mass is 15.0. The summed E-state index contributed by atoms with van der Waals surface area (Å²) >= 11 is 0. The molecule has 0 saturated heterocycles. The summed E-state index contributed by atoms with van der Waals surface area (Å²) in [7, 11) is 0. The van der Waals surface area contributed by atoms with Gasteiger partial charge in [0.1, 0.15) is 0 Å². The average Bonchev–Trinajstić information content (AvgIpc) is 3.30. The first-order chi connectivity index (χ1) is 15.7. The van der Waals surface area contributed by atoms with E-state index in [1.165, 1.54) is 60.5 Å². The van der Waals surface area contributed by atoms with Gasteiger partial charge >= 0.3 is 0 Å². The van der Waals surface area contributed by atoms with Gasteiger partial charge in [0.05, 0.1) is 11.0 Å². The zero-order valence-corrected chi connectivity index (χ0v) is 18.3. The molecule has 0 N–H and O–H groups in total. The SMILES string of the molecule is CC1(C)c2ccccc2-c2ccc3ccc4c5ccccc5n(-c5ccccc5)c4c3c21. The highest BCUT2D eigenvalue weighted by molar-refractivity contribution is 6.21. The second kappa shape index (κ2) is 6.11. The van der Waals surface area contributed by atoms with Crippen molar-refractivity contribution in [1.29, 1.82) is 0 Å². The van der Waals surface area contributed by atoms with Gasteiger partial charge < -0.3 is 4.57 Å². The first kappa shape index (κ1) is 17.8. The van der Waals surface area contributed by atoms with Gasteiger partial charge in [-0.05, 0) is 45.8 Å². The van der Waals surface area contributed by atoms with Crippen LogP contribution in [-0.2, 0) is 5.41 Å². The van der Waals surface area contributed by atoms with Gasteiger partial charge in [0.2, 0.25) is 0 Å². The predicted molar refractivity (Wildman–Crippen MR) is 136 cm³/mol. The van der Waals surface area contributed by atoms with Gasteiger partial charge in [-0.2, -0.15) is 0 Å². The number of aromatic nitrogens is 1. The van der Waals surface area contributed by atoms with Crippen LogP contribution in [-0.4, -0.2) is 4.57 Å². The molecule has 32 heavy (non-hydrogen) atoms. The van der Waals surface area contributed by atoms with Gasteiger partial charge in [-0.1, -0.05) is 98.8 Å². The summed E-state index contributed by atoms with van der Waals surface area (Å²) in [5.41, 5.74) is 9.32. The van der Waals surface area contributed by atoms with Crippen LogP contribution in [0.2, 0.25) is 0 Å². The van der Waals surface area contributed by atoms with Gasteiger partial charge in [0, 0.05) is 27.3 Å². The standard InChI is InChI=1S/C31H23N/c1-31(2)26-14-8-6-12-22(26)24-18-16-20-17-19-25-23-13-7-9-15-27(23)32(21-10-4-3-5-11-21)30(25)28(20)29(24)31/h3-19H,1-2H3. The minimum atomic E-state index is -0.0578. The molecular formula is C31H23N. The van der Waals surface area contributed by atoms with Crippen molar-refractivity contribution in [3.05, 3.63) is 114 Å². The number of para-hydroxylation sites is 2. The Labute approximate surface area is 187 Å². The Balaban J connectivity index is 1.76. The molecule has 1 aromatic heterocycles. The summed E-state index contributed by atoms with van der Waals surface area (Å²) in [6, 6.07) is 37.7. The molecule has 0 spiro atoms. The normalized spacial score (nSPS) is 14.2. The molecule has 5 aromatic carbocycles. The van der Waals surface area contributed by atoms with E-state index in [1.807, 2.05) is 0 Å². The van der Waals surface area contributed by atoms with Crippen LogP contribution in [0.25, 0.3) is 49.4 Å². The second-order valence-electron chi connectivity index (χ2n) is 9.41. The molecule has 0 saturated carbocycles. The summed E-state index contributed by atoms with van der Waals surface area (Å²) in [5.74, 6) is 0. The minimum Gasteiger partial charge on any atom is -0.309 e. The van der Waals surface area contributed by atoms with Gasteiger partial charge in [-0.3, -0.25) is 0 Å². The maximum absolute atomic E-state index is 2.46. The summed E-state index contributed by atoms with van der Waals surface area (Å²) in [6.07, 6.45) is 0. The number of hydrogen-bond donors (Lipinski definition) is 0. The molecule has 0 aliphatic heterocycles. The molecule has 1 aliphatic carbocycles. The average molecular weight is 410 g/mol. The zero-order chi connectivity index (χ0) is 21.4. The van der Waals surface area contributed by atoms with Crippen LogP contribution in [0, 0.1) is 0 Å². The van der Waals surface area contributed by atoms with Crippen LogP contribution < -0.4 is 0 Å². The third-order valence-corrected chi connectivity index (χ3v) is 7.35. The van der Waals surface area contributed by atoms with Crippen molar-refractivity contribution >= 4 is 32.6 Å². The summed E-state index contributed by atoms with van der Waals surface area (Å²) in [6.45, 7) is 4.76. The lowest BCUT2D eigenvalue weighted by Gasteiger charge is -2.24. The van der Waals surface area contributed by atoms with Crippen molar-refractivity contribution in [2.45, 2.75) is 19.3 Å². The van der Waals surface area contributed by atoms with Crippen molar-refractivity contribution in [2.24, 2.45) is 0 Å². The Bertz CT molecular complexity index is 1680. The first-order valence-corrected chi connectivity index (χ1v) is 11.3. The molecule has 1 heterocycles. The van der Waals surface area contributed by atoms with E-state index in [9.17, 15) is 0 Å². The Kier molecular flexibility index (Phi) is 3.40. The van der Waals surface area contributed by atoms with Gasteiger partial charge in [-0.15, -0.1) is 0 Å². The number of nitrogens with zero attached hydrogens (tertiary/aromatic N) is 1. The fraction of sp³-hybridized carbons (Fsp3) is 0.0968. The van der Waals surface area contributed by atoms with Gasteiger partial charge in [0.15, 0.2) is 0 Å². The lowest BCUT2D eigenvalue weighted by Crippen LogP contribution is -2.15. The maximum Gasteiger partial charge on any atom is 0.0622 e. The van der Waals surface area contributed by atoms with Crippen LogP contribution in [0.1, 0.15) is 25.0 Å². The Morgan fingerprint density at radius 3 is 2.19 bits per heavy atom. The smallest absolute Gasteiger partial charge is 0.0622 e. The number of fused-ring (bicyclic) bond motifs is 9. The van der Waals surface area contributed by atoms with Crippen LogP contribution in [0.3, 0.4) is 0 Å². The molecular weight excluding hydrogens is 386 g/mol. The number of hydrogen-bond acceptors (Lipinski definition) is 0. The molecule has 0 bridgehead atoms. The number of benzene rings is 5. The molecule has 1 nitrogen and oxygen atoms in total. The molecule has 1 heteroatoms. The third kappa shape index (κ3) is 2.13. The molecule has 7 rings (SSSR count). The van der Waals surface area contributed by atoms with Crippen LogP contribution in [0.4, 0.5) is 0 Å². The van der Waals surface area contributed by atoms with E-state index in [0.717, 1.165) is 0 Å². The molecule has 152 valence electrons. The topological polar surface area (TPSA) is 4.93 Å². The zero-order valence-electron chi connectivity index (χ0n) is 18.3. The highest BCUT2D eigenvalue weighted by Crippen LogP contribution is 2.53. The van der Waals surface area contributed by atoms with Crippen LogP contribution >= 0.6 is 0 Å². The minimum absolute atomic E-state index is 0.0578. The molecule has 6 aromatic rings. The summed E-state index contributed by atoms with van der Waals surface area (Å²) in [5, 5.41) is 5.30. The van der Waals surface area contributed by atoms with Crippen molar-refractivity contribution in [1.82, 2.24) is 4.57 Å². The summed E-state index contributed by atoms with van der Waals surface area (Å²) in [4.78, 5) is 0. The fourth-order valence-corrected chi connectivity index (χ4v) is 5.98. The molecule has 0 fully saturated rings. The van der Waals surface area contributed by atoms with Gasteiger partial charge in [-0.25, -0.2) is 0 Å². The first-order valence-electron chi connectivity index (χ1n) is 11.3.